The van der Waals surface area contributed by atoms with Crippen molar-refractivity contribution in [3.63, 3.8) is 0 Å². The van der Waals surface area contributed by atoms with Crippen LogP contribution in [0.2, 0.25) is 0 Å². The highest BCUT2D eigenvalue weighted by atomic mass is 16.2. The second-order valence-corrected chi connectivity index (χ2v) is 6.96. The first-order chi connectivity index (χ1) is 13.4. The topological polar surface area (TPSA) is 84.2 Å². The number of rotatable bonds is 6. The molecule has 8 heteroatoms. The number of carbonyl (C=O) groups is 1. The molecule has 0 unspecified atom stereocenters. The summed E-state index contributed by atoms with van der Waals surface area (Å²) >= 11 is 0. The fourth-order valence-electron chi connectivity index (χ4n) is 3.19. The van der Waals surface area contributed by atoms with Crippen molar-refractivity contribution in [1.82, 2.24) is 19.4 Å². The molecule has 0 radical (unpaired) electrons. The van der Waals surface area contributed by atoms with Gasteiger partial charge >= 0.3 is 11.7 Å². The number of imidazole rings is 1. The van der Waals surface area contributed by atoms with Gasteiger partial charge < -0.3 is 15.5 Å². The van der Waals surface area contributed by atoms with E-state index in [-0.39, 0.29) is 11.7 Å². The Labute approximate surface area is 163 Å². The van der Waals surface area contributed by atoms with Gasteiger partial charge in [0.05, 0.1) is 22.4 Å². The summed E-state index contributed by atoms with van der Waals surface area (Å²) in [5, 5.41) is 5.78. The first-order valence-corrected chi connectivity index (χ1v) is 9.20. The lowest BCUT2D eigenvalue weighted by Crippen LogP contribution is -2.30. The molecule has 8 nitrogen and oxygen atoms in total. The van der Waals surface area contributed by atoms with Gasteiger partial charge in [0.15, 0.2) is 0 Å². The Kier molecular flexibility index (Phi) is 5.67. The van der Waals surface area contributed by atoms with Crippen LogP contribution in [-0.2, 0) is 20.5 Å². The maximum Gasteiger partial charge on any atom is 0.328 e. The molecule has 2 N–H and O–H groups in total. The standard InChI is InChI=1S/C20H26N6O2/c1-24(2)16-13-18-17(25(3)20(28)26(18)4)12-15(16)23-19(27)22-11-7-9-14-8-5-6-10-21-14/h5-6,8,10,12-13H,7,9,11H2,1-4H3,(H2,22,23,27). The summed E-state index contributed by atoms with van der Waals surface area (Å²) in [4.78, 5) is 30.8. The van der Waals surface area contributed by atoms with Crippen LogP contribution in [0.5, 0.6) is 0 Å². The van der Waals surface area contributed by atoms with Crippen molar-refractivity contribution in [3.05, 3.63) is 52.7 Å². The molecule has 0 spiro atoms. The van der Waals surface area contributed by atoms with E-state index < -0.39 is 0 Å². The number of amides is 2. The van der Waals surface area contributed by atoms with E-state index in [0.29, 0.717) is 12.2 Å². The van der Waals surface area contributed by atoms with E-state index >= 15 is 0 Å². The third-order valence-electron chi connectivity index (χ3n) is 4.74. The van der Waals surface area contributed by atoms with Crippen molar-refractivity contribution in [2.75, 3.05) is 30.9 Å². The number of nitrogens with zero attached hydrogens (tertiary/aromatic N) is 4. The fraction of sp³-hybridized carbons (Fsp3) is 0.350. The first kappa shape index (κ1) is 19.5. The highest BCUT2D eigenvalue weighted by Gasteiger charge is 2.15. The Morgan fingerprint density at radius 3 is 2.50 bits per heavy atom. The van der Waals surface area contributed by atoms with Gasteiger partial charge in [0.25, 0.3) is 0 Å². The molecule has 0 saturated carbocycles. The molecule has 3 aromatic rings. The lowest BCUT2D eigenvalue weighted by Gasteiger charge is -2.19. The second-order valence-electron chi connectivity index (χ2n) is 6.96. The van der Waals surface area contributed by atoms with Crippen LogP contribution >= 0.6 is 0 Å². The molecule has 2 aromatic heterocycles. The van der Waals surface area contributed by atoms with Gasteiger partial charge in [0, 0.05) is 46.6 Å². The number of anilines is 2. The number of aromatic nitrogens is 3. The molecular weight excluding hydrogens is 356 g/mol. The van der Waals surface area contributed by atoms with Crippen molar-refractivity contribution in [3.8, 4) is 0 Å². The maximum atomic E-state index is 12.4. The number of hydrogen-bond donors (Lipinski definition) is 2. The number of benzene rings is 1. The van der Waals surface area contributed by atoms with Gasteiger partial charge in [-0.2, -0.15) is 0 Å². The third-order valence-corrected chi connectivity index (χ3v) is 4.74. The van der Waals surface area contributed by atoms with Gasteiger partial charge in [-0.25, -0.2) is 9.59 Å². The zero-order valence-corrected chi connectivity index (χ0v) is 16.7. The molecule has 0 aliphatic rings. The van der Waals surface area contributed by atoms with Gasteiger partial charge in [0.2, 0.25) is 0 Å². The van der Waals surface area contributed by atoms with Crippen LogP contribution in [0.4, 0.5) is 16.2 Å². The summed E-state index contributed by atoms with van der Waals surface area (Å²) in [6, 6.07) is 9.29. The number of hydrogen-bond acceptors (Lipinski definition) is 4. The van der Waals surface area contributed by atoms with E-state index in [2.05, 4.69) is 15.6 Å². The molecule has 0 aliphatic carbocycles. The Morgan fingerprint density at radius 1 is 1.14 bits per heavy atom. The highest BCUT2D eigenvalue weighted by molar-refractivity contribution is 5.97. The van der Waals surface area contributed by atoms with Crippen molar-refractivity contribution in [1.29, 1.82) is 0 Å². The highest BCUT2D eigenvalue weighted by Crippen LogP contribution is 2.29. The monoisotopic (exact) mass is 382 g/mol. The number of fused-ring (bicyclic) bond motifs is 1. The molecule has 0 bridgehead atoms. The van der Waals surface area contributed by atoms with E-state index in [4.69, 9.17) is 0 Å². The summed E-state index contributed by atoms with van der Waals surface area (Å²) in [6.07, 6.45) is 3.38. The zero-order valence-electron chi connectivity index (χ0n) is 16.7. The molecular formula is C20H26N6O2. The van der Waals surface area contributed by atoms with Crippen LogP contribution in [0.15, 0.2) is 41.3 Å². The van der Waals surface area contributed by atoms with Crippen LogP contribution in [-0.4, -0.2) is 40.8 Å². The van der Waals surface area contributed by atoms with E-state index in [1.165, 1.54) is 0 Å². The number of carbonyl (C=O) groups excluding carboxylic acids is 1. The Balaban J connectivity index is 1.70. The Bertz CT molecular complexity index is 1040. The summed E-state index contributed by atoms with van der Waals surface area (Å²) < 4.78 is 3.18. The summed E-state index contributed by atoms with van der Waals surface area (Å²) in [5.41, 5.74) is 3.98. The van der Waals surface area contributed by atoms with Crippen LogP contribution in [0.1, 0.15) is 12.1 Å². The van der Waals surface area contributed by atoms with E-state index in [1.807, 2.05) is 49.3 Å². The average molecular weight is 382 g/mol. The molecule has 28 heavy (non-hydrogen) atoms. The van der Waals surface area contributed by atoms with Crippen molar-refractivity contribution < 1.29 is 4.79 Å². The van der Waals surface area contributed by atoms with Gasteiger partial charge in [0.1, 0.15) is 0 Å². The number of aryl methyl sites for hydroxylation is 3. The van der Waals surface area contributed by atoms with Gasteiger partial charge in [-0.15, -0.1) is 0 Å². The Hall–Kier alpha value is -3.29. The summed E-state index contributed by atoms with van der Waals surface area (Å²) in [7, 11) is 7.27. The van der Waals surface area contributed by atoms with Crippen LogP contribution < -0.4 is 21.2 Å². The van der Waals surface area contributed by atoms with Gasteiger partial charge in [-0.1, -0.05) is 6.07 Å². The first-order valence-electron chi connectivity index (χ1n) is 9.20. The maximum absolute atomic E-state index is 12.4. The average Bonchev–Trinajstić information content (AvgIpc) is 2.89. The van der Waals surface area contributed by atoms with Gasteiger partial charge in [-0.3, -0.25) is 14.1 Å². The molecule has 0 aliphatic heterocycles. The molecule has 148 valence electrons. The molecule has 2 heterocycles. The van der Waals surface area contributed by atoms with Crippen LogP contribution in [0, 0.1) is 0 Å². The lowest BCUT2D eigenvalue weighted by atomic mass is 10.2. The normalized spacial score (nSPS) is 10.9. The second kappa shape index (κ2) is 8.16. The largest absolute Gasteiger partial charge is 0.376 e. The van der Waals surface area contributed by atoms with Crippen molar-refractivity contribution >= 4 is 28.4 Å². The number of pyridine rings is 1. The minimum atomic E-state index is -0.274. The van der Waals surface area contributed by atoms with E-state index in [0.717, 1.165) is 35.3 Å². The molecule has 0 fully saturated rings. The minimum Gasteiger partial charge on any atom is -0.376 e. The van der Waals surface area contributed by atoms with Crippen LogP contribution in [0.25, 0.3) is 11.0 Å². The number of nitrogens with one attached hydrogen (secondary N) is 2. The molecule has 0 saturated heterocycles. The van der Waals surface area contributed by atoms with Crippen molar-refractivity contribution in [2.24, 2.45) is 14.1 Å². The molecule has 2 amide bonds. The quantitative estimate of drug-likeness (QED) is 0.640. The predicted octanol–water partition coefficient (Wildman–Crippen LogP) is 2.09. The summed E-state index contributed by atoms with van der Waals surface area (Å²) in [6.45, 7) is 0.547. The summed E-state index contributed by atoms with van der Waals surface area (Å²) in [5.74, 6) is 0. The minimum absolute atomic E-state index is 0.101. The molecule has 0 atom stereocenters. The molecule has 3 rings (SSSR count). The Morgan fingerprint density at radius 2 is 1.86 bits per heavy atom. The lowest BCUT2D eigenvalue weighted by molar-refractivity contribution is 0.252. The van der Waals surface area contributed by atoms with Gasteiger partial charge in [-0.05, 0) is 37.1 Å². The molecule has 1 aromatic carbocycles. The fourth-order valence-corrected chi connectivity index (χ4v) is 3.19. The van der Waals surface area contributed by atoms with E-state index in [9.17, 15) is 9.59 Å². The zero-order chi connectivity index (χ0) is 20.3. The third kappa shape index (κ3) is 4.00. The van der Waals surface area contributed by atoms with E-state index in [1.54, 1.807) is 29.4 Å². The smallest absolute Gasteiger partial charge is 0.328 e. The predicted molar refractivity (Wildman–Crippen MR) is 112 cm³/mol. The van der Waals surface area contributed by atoms with Crippen LogP contribution in [0.3, 0.4) is 0 Å². The SMILES string of the molecule is CN(C)c1cc2c(cc1NC(=O)NCCCc1ccccn1)n(C)c(=O)n2C. The van der Waals surface area contributed by atoms with Crippen molar-refractivity contribution in [2.45, 2.75) is 12.8 Å². The number of urea groups is 1.